The summed E-state index contributed by atoms with van der Waals surface area (Å²) in [6.45, 7) is 0.677. The minimum Gasteiger partial charge on any atom is -0.467 e. The van der Waals surface area contributed by atoms with E-state index in [1.165, 1.54) is 12.0 Å². The van der Waals surface area contributed by atoms with Gasteiger partial charge in [0.05, 0.1) is 7.11 Å². The molecule has 1 saturated heterocycles. The molecule has 11 heavy (non-hydrogen) atoms. The van der Waals surface area contributed by atoms with E-state index in [1.54, 1.807) is 0 Å². The highest BCUT2D eigenvalue weighted by atomic mass is 16.5. The van der Waals surface area contributed by atoms with E-state index in [0.717, 1.165) is 12.8 Å². The molecule has 1 heterocycles. The molecule has 4 heteroatoms. The maximum Gasteiger partial charge on any atom is 0.329 e. The molecule has 0 saturated carbocycles. The van der Waals surface area contributed by atoms with E-state index in [-0.39, 0.29) is 12.0 Å². The monoisotopic (exact) mass is 154 g/mol. The molecule has 0 aliphatic carbocycles. The maximum atomic E-state index is 11.0. The Hall–Kier alpha value is -1.24. The standard InChI is InChI=1S/C7H10N2O2/c1-11-7(10)6-3-2-4-9(6)5-8/h6H,2-4H2,1H3/t6-/m0/s1. The molecule has 0 bridgehead atoms. The molecule has 0 N–H and O–H groups in total. The molecule has 1 aliphatic rings. The quantitative estimate of drug-likeness (QED) is 0.397. The third-order valence-corrected chi connectivity index (χ3v) is 1.85. The summed E-state index contributed by atoms with van der Waals surface area (Å²) >= 11 is 0. The van der Waals surface area contributed by atoms with Crippen molar-refractivity contribution in [2.75, 3.05) is 13.7 Å². The third kappa shape index (κ3) is 1.43. The highest BCUT2D eigenvalue weighted by molar-refractivity contribution is 5.76. The second-order valence-corrected chi connectivity index (χ2v) is 2.47. The molecule has 4 nitrogen and oxygen atoms in total. The number of carbonyl (C=O) groups is 1. The van der Waals surface area contributed by atoms with E-state index < -0.39 is 0 Å². The zero-order valence-corrected chi connectivity index (χ0v) is 6.41. The van der Waals surface area contributed by atoms with Gasteiger partial charge in [0.1, 0.15) is 6.04 Å². The fraction of sp³-hybridized carbons (Fsp3) is 0.714. The summed E-state index contributed by atoms with van der Waals surface area (Å²) in [5.74, 6) is -0.302. The molecule has 1 fully saturated rings. The van der Waals surface area contributed by atoms with Gasteiger partial charge in [-0.1, -0.05) is 0 Å². The molecule has 60 valence electrons. The lowest BCUT2D eigenvalue weighted by atomic mass is 10.2. The lowest BCUT2D eigenvalue weighted by molar-refractivity contribution is -0.144. The van der Waals surface area contributed by atoms with Crippen LogP contribution in [0.15, 0.2) is 0 Å². The lowest BCUT2D eigenvalue weighted by Crippen LogP contribution is -2.33. The first-order valence-electron chi connectivity index (χ1n) is 3.54. The first kappa shape index (κ1) is 7.86. The second-order valence-electron chi connectivity index (χ2n) is 2.47. The predicted molar refractivity (Wildman–Crippen MR) is 37.4 cm³/mol. The fourth-order valence-electron chi connectivity index (χ4n) is 1.27. The summed E-state index contributed by atoms with van der Waals surface area (Å²) in [7, 11) is 1.34. The van der Waals surface area contributed by atoms with Crippen LogP contribution >= 0.6 is 0 Å². The average Bonchev–Trinajstić information content (AvgIpc) is 2.50. The van der Waals surface area contributed by atoms with Crippen molar-refractivity contribution < 1.29 is 9.53 Å². The number of hydrogen-bond acceptors (Lipinski definition) is 4. The van der Waals surface area contributed by atoms with Crippen molar-refractivity contribution in [3.63, 3.8) is 0 Å². The summed E-state index contributed by atoms with van der Waals surface area (Å²) in [4.78, 5) is 12.4. The highest BCUT2D eigenvalue weighted by Crippen LogP contribution is 2.16. The second kappa shape index (κ2) is 3.24. The Labute approximate surface area is 65.4 Å². The Morgan fingerprint density at radius 3 is 3.09 bits per heavy atom. The molecular weight excluding hydrogens is 144 g/mol. The highest BCUT2D eigenvalue weighted by Gasteiger charge is 2.30. The number of methoxy groups -OCH3 is 1. The van der Waals surface area contributed by atoms with Crippen LogP contribution in [0.3, 0.4) is 0 Å². The first-order chi connectivity index (χ1) is 5.29. The van der Waals surface area contributed by atoms with Crippen LogP contribution in [-0.4, -0.2) is 30.6 Å². The van der Waals surface area contributed by atoms with Crippen molar-refractivity contribution in [2.24, 2.45) is 0 Å². The Bertz CT molecular complexity index is 197. The van der Waals surface area contributed by atoms with Crippen molar-refractivity contribution in [2.45, 2.75) is 18.9 Å². The molecule has 1 atom stereocenters. The SMILES string of the molecule is COC(=O)[C@@H]1CCCN1C#N. The Morgan fingerprint density at radius 1 is 1.82 bits per heavy atom. The van der Waals surface area contributed by atoms with Gasteiger partial charge in [0.2, 0.25) is 0 Å². The molecule has 0 radical (unpaired) electrons. The van der Waals surface area contributed by atoms with Gasteiger partial charge in [-0.05, 0) is 12.8 Å². The predicted octanol–water partition coefficient (Wildman–Crippen LogP) is 0.105. The summed E-state index contributed by atoms with van der Waals surface area (Å²) < 4.78 is 4.53. The Balaban J connectivity index is 2.58. The minimum atomic E-state index is -0.329. The summed E-state index contributed by atoms with van der Waals surface area (Å²) in [6.07, 6.45) is 3.59. The molecule has 0 spiro atoms. The largest absolute Gasteiger partial charge is 0.467 e. The van der Waals surface area contributed by atoms with Crippen LogP contribution in [0.25, 0.3) is 0 Å². The van der Waals surface area contributed by atoms with E-state index in [1.807, 2.05) is 6.19 Å². The molecule has 0 aromatic carbocycles. The van der Waals surface area contributed by atoms with Crippen molar-refractivity contribution >= 4 is 5.97 Å². The number of nitrogens with zero attached hydrogens (tertiary/aromatic N) is 2. The van der Waals surface area contributed by atoms with Gasteiger partial charge in [-0.3, -0.25) is 4.90 Å². The number of carbonyl (C=O) groups excluding carboxylic acids is 1. The van der Waals surface area contributed by atoms with Crippen LogP contribution in [0.1, 0.15) is 12.8 Å². The van der Waals surface area contributed by atoms with Gasteiger partial charge in [-0.25, -0.2) is 4.79 Å². The number of rotatable bonds is 1. The number of nitriles is 1. The van der Waals surface area contributed by atoms with Crippen LogP contribution in [-0.2, 0) is 9.53 Å². The maximum absolute atomic E-state index is 11.0. The van der Waals surface area contributed by atoms with Crippen molar-refractivity contribution in [3.8, 4) is 6.19 Å². The first-order valence-corrected chi connectivity index (χ1v) is 3.54. The van der Waals surface area contributed by atoms with Crippen molar-refractivity contribution in [1.29, 1.82) is 5.26 Å². The van der Waals surface area contributed by atoms with Crippen molar-refractivity contribution in [1.82, 2.24) is 4.90 Å². The van der Waals surface area contributed by atoms with Gasteiger partial charge >= 0.3 is 5.97 Å². The molecule has 0 unspecified atom stereocenters. The third-order valence-electron chi connectivity index (χ3n) is 1.85. The summed E-state index contributed by atoms with van der Waals surface area (Å²) in [6, 6.07) is -0.329. The Kier molecular flexibility index (Phi) is 2.32. The number of likely N-dealkylation sites (tertiary alicyclic amines) is 1. The van der Waals surface area contributed by atoms with Gasteiger partial charge in [-0.2, -0.15) is 5.26 Å². The van der Waals surface area contributed by atoms with Crippen LogP contribution in [0.5, 0.6) is 0 Å². The lowest BCUT2D eigenvalue weighted by Gasteiger charge is -2.14. The van der Waals surface area contributed by atoms with Gasteiger partial charge in [0.25, 0.3) is 0 Å². The molecule has 0 amide bonds. The van der Waals surface area contributed by atoms with Crippen LogP contribution in [0.2, 0.25) is 0 Å². The van der Waals surface area contributed by atoms with Crippen molar-refractivity contribution in [3.05, 3.63) is 0 Å². The zero-order chi connectivity index (χ0) is 8.27. The molecule has 1 rings (SSSR count). The minimum absolute atomic E-state index is 0.302. The van der Waals surface area contributed by atoms with Gasteiger partial charge < -0.3 is 4.74 Å². The van der Waals surface area contributed by atoms with Crippen LogP contribution in [0, 0.1) is 11.5 Å². The normalized spacial score (nSPS) is 22.9. The summed E-state index contributed by atoms with van der Waals surface area (Å²) in [5.41, 5.74) is 0. The van der Waals surface area contributed by atoms with Gasteiger partial charge in [-0.15, -0.1) is 0 Å². The van der Waals surface area contributed by atoms with E-state index in [0.29, 0.717) is 6.54 Å². The van der Waals surface area contributed by atoms with E-state index in [9.17, 15) is 4.79 Å². The number of esters is 1. The number of ether oxygens (including phenoxy) is 1. The summed E-state index contributed by atoms with van der Waals surface area (Å²) in [5, 5.41) is 8.55. The van der Waals surface area contributed by atoms with Crippen LogP contribution < -0.4 is 0 Å². The molecular formula is C7H10N2O2. The van der Waals surface area contributed by atoms with E-state index in [4.69, 9.17) is 5.26 Å². The number of hydrogen-bond donors (Lipinski definition) is 0. The van der Waals surface area contributed by atoms with Crippen LogP contribution in [0.4, 0.5) is 0 Å². The topological polar surface area (TPSA) is 53.3 Å². The smallest absolute Gasteiger partial charge is 0.329 e. The molecule has 0 aromatic rings. The zero-order valence-electron chi connectivity index (χ0n) is 6.41. The average molecular weight is 154 g/mol. The molecule has 1 aliphatic heterocycles. The Morgan fingerprint density at radius 2 is 2.55 bits per heavy atom. The fourth-order valence-corrected chi connectivity index (χ4v) is 1.27. The van der Waals surface area contributed by atoms with E-state index >= 15 is 0 Å². The van der Waals surface area contributed by atoms with E-state index in [2.05, 4.69) is 4.74 Å². The van der Waals surface area contributed by atoms with Gasteiger partial charge in [0.15, 0.2) is 6.19 Å². The molecule has 0 aromatic heterocycles. The van der Waals surface area contributed by atoms with Gasteiger partial charge in [0, 0.05) is 6.54 Å².